The molecule has 0 radical (unpaired) electrons. The summed E-state index contributed by atoms with van der Waals surface area (Å²) >= 11 is 0. The molecule has 0 atom stereocenters. The Bertz CT molecular complexity index is 376. The highest BCUT2D eigenvalue weighted by atomic mass is 79.9. The highest BCUT2D eigenvalue weighted by Gasteiger charge is 1.99. The zero-order valence-corrected chi connectivity index (χ0v) is 18.6. The predicted molar refractivity (Wildman–Crippen MR) is 105 cm³/mol. The van der Waals surface area contributed by atoms with Gasteiger partial charge in [-0.2, -0.15) is 0 Å². The molecule has 1 aromatic rings. The summed E-state index contributed by atoms with van der Waals surface area (Å²) in [6.45, 7) is 3.48. The van der Waals surface area contributed by atoms with Crippen LogP contribution in [0.1, 0.15) is 110 Å². The lowest BCUT2D eigenvalue weighted by Crippen LogP contribution is -3.00. The maximum Gasteiger partial charge on any atom is 0.243 e. The van der Waals surface area contributed by atoms with Crippen molar-refractivity contribution < 1.29 is 21.5 Å². The number of rotatable bonds is 17. The molecule has 0 saturated heterocycles. The molecule has 1 rings (SSSR count). The van der Waals surface area contributed by atoms with Gasteiger partial charge in [0, 0.05) is 0 Å². The van der Waals surface area contributed by atoms with E-state index in [1.165, 1.54) is 109 Å². The molecule has 0 aliphatic rings. The molecule has 0 aliphatic heterocycles. The standard InChI is InChI=1S/C22H43N2.BrH/c1-3-4-5-6-7-8-9-10-11-12-13-14-15-16-17-18-19-24-21-20-23(2)22-24;/h20-22H,3-19H2,1-2H3;1H/q+1;/p-1. The van der Waals surface area contributed by atoms with E-state index in [1.54, 1.807) is 0 Å². The van der Waals surface area contributed by atoms with E-state index < -0.39 is 0 Å². The van der Waals surface area contributed by atoms with Crippen molar-refractivity contribution in [3.05, 3.63) is 18.7 Å². The quantitative estimate of drug-likeness (QED) is 0.272. The number of aryl methyl sites for hydroxylation is 2. The van der Waals surface area contributed by atoms with E-state index in [1.807, 2.05) is 0 Å². The Morgan fingerprint density at radius 3 is 1.40 bits per heavy atom. The van der Waals surface area contributed by atoms with Crippen molar-refractivity contribution >= 4 is 0 Å². The number of hydrogen-bond acceptors (Lipinski definition) is 0. The van der Waals surface area contributed by atoms with E-state index in [-0.39, 0.29) is 17.0 Å². The van der Waals surface area contributed by atoms with Crippen LogP contribution in [-0.2, 0) is 13.6 Å². The zero-order valence-electron chi connectivity index (χ0n) is 17.0. The van der Waals surface area contributed by atoms with Crippen LogP contribution in [0.3, 0.4) is 0 Å². The largest absolute Gasteiger partial charge is 1.00 e. The van der Waals surface area contributed by atoms with Gasteiger partial charge in [0.15, 0.2) is 0 Å². The van der Waals surface area contributed by atoms with Gasteiger partial charge in [0.2, 0.25) is 6.33 Å². The van der Waals surface area contributed by atoms with Crippen LogP contribution in [0.5, 0.6) is 0 Å². The van der Waals surface area contributed by atoms with Crippen LogP contribution >= 0.6 is 0 Å². The molecular weight excluding hydrogens is 372 g/mol. The van der Waals surface area contributed by atoms with E-state index in [0.717, 1.165) is 0 Å². The van der Waals surface area contributed by atoms with Crippen molar-refractivity contribution in [3.63, 3.8) is 0 Å². The van der Waals surface area contributed by atoms with Gasteiger partial charge in [-0.15, -0.1) is 0 Å². The summed E-state index contributed by atoms with van der Waals surface area (Å²) in [5, 5.41) is 0. The minimum absolute atomic E-state index is 0. The Balaban J connectivity index is 0.00000576. The molecule has 0 saturated carbocycles. The second-order valence-electron chi connectivity index (χ2n) is 7.62. The van der Waals surface area contributed by atoms with Gasteiger partial charge < -0.3 is 17.0 Å². The van der Waals surface area contributed by atoms with Gasteiger partial charge in [-0.05, 0) is 12.8 Å². The number of nitrogens with zero attached hydrogens (tertiary/aromatic N) is 2. The van der Waals surface area contributed by atoms with Crippen molar-refractivity contribution in [1.29, 1.82) is 0 Å². The van der Waals surface area contributed by atoms with Gasteiger partial charge in [0.25, 0.3) is 0 Å². The maximum absolute atomic E-state index is 2.30. The van der Waals surface area contributed by atoms with Crippen LogP contribution < -0.4 is 21.5 Å². The third kappa shape index (κ3) is 15.6. The van der Waals surface area contributed by atoms with Gasteiger partial charge in [0.05, 0.1) is 13.6 Å². The average Bonchev–Trinajstić information content (AvgIpc) is 3.00. The Labute approximate surface area is 168 Å². The first-order valence-electron chi connectivity index (χ1n) is 10.8. The van der Waals surface area contributed by atoms with E-state index in [0.29, 0.717) is 0 Å². The topological polar surface area (TPSA) is 8.81 Å². The normalized spacial score (nSPS) is 10.8. The lowest BCUT2D eigenvalue weighted by molar-refractivity contribution is -0.671. The van der Waals surface area contributed by atoms with Crippen molar-refractivity contribution in [2.75, 3.05) is 0 Å². The van der Waals surface area contributed by atoms with Crippen LogP contribution in [0, 0.1) is 0 Å². The summed E-state index contributed by atoms with van der Waals surface area (Å²) in [7, 11) is 2.09. The summed E-state index contributed by atoms with van der Waals surface area (Å²) < 4.78 is 4.41. The molecule has 1 heterocycles. The van der Waals surface area contributed by atoms with Crippen LogP contribution in [0.25, 0.3) is 0 Å². The molecule has 1 aromatic heterocycles. The molecule has 0 spiro atoms. The minimum atomic E-state index is 0. The first-order chi connectivity index (χ1) is 11.8. The second kappa shape index (κ2) is 18.5. The molecule has 0 aromatic carbocycles. The molecule has 0 bridgehead atoms. The Morgan fingerprint density at radius 1 is 0.640 bits per heavy atom. The van der Waals surface area contributed by atoms with Gasteiger partial charge in [0.1, 0.15) is 12.4 Å². The molecule has 2 nitrogen and oxygen atoms in total. The summed E-state index contributed by atoms with van der Waals surface area (Å²) in [6.07, 6.45) is 29.5. The fourth-order valence-corrected chi connectivity index (χ4v) is 3.48. The van der Waals surface area contributed by atoms with E-state index in [4.69, 9.17) is 0 Å². The highest BCUT2D eigenvalue weighted by molar-refractivity contribution is 4.65. The minimum Gasteiger partial charge on any atom is -1.00 e. The smallest absolute Gasteiger partial charge is 0.243 e. The van der Waals surface area contributed by atoms with Gasteiger partial charge in [-0.1, -0.05) is 96.8 Å². The molecule has 3 heteroatoms. The SMILES string of the molecule is CCCCCCCCCCCCCCCCCCn1cc[n+](C)c1.[Br-]. The number of imidazole rings is 1. The monoisotopic (exact) mass is 414 g/mol. The fraction of sp³-hybridized carbons (Fsp3) is 0.864. The van der Waals surface area contributed by atoms with Crippen LogP contribution in [-0.4, -0.2) is 4.57 Å². The Kier molecular flexibility index (Phi) is 18.3. The number of hydrogen-bond donors (Lipinski definition) is 0. The van der Waals surface area contributed by atoms with E-state index in [2.05, 4.69) is 41.8 Å². The molecule has 25 heavy (non-hydrogen) atoms. The average molecular weight is 416 g/mol. The van der Waals surface area contributed by atoms with Crippen LogP contribution in [0.2, 0.25) is 0 Å². The molecule has 0 aliphatic carbocycles. The molecule has 0 fully saturated rings. The van der Waals surface area contributed by atoms with Crippen molar-refractivity contribution in [2.45, 2.75) is 116 Å². The fourth-order valence-electron chi connectivity index (χ4n) is 3.48. The van der Waals surface area contributed by atoms with E-state index in [9.17, 15) is 0 Å². The summed E-state index contributed by atoms with van der Waals surface area (Å²) in [5.41, 5.74) is 0. The molecule has 0 N–H and O–H groups in total. The highest BCUT2D eigenvalue weighted by Crippen LogP contribution is 2.13. The third-order valence-corrected chi connectivity index (χ3v) is 5.09. The second-order valence-corrected chi connectivity index (χ2v) is 7.62. The van der Waals surface area contributed by atoms with Crippen LogP contribution in [0.4, 0.5) is 0 Å². The lowest BCUT2D eigenvalue weighted by Gasteiger charge is -2.03. The van der Waals surface area contributed by atoms with E-state index >= 15 is 0 Å². The molecular formula is C22H43BrN2. The lowest BCUT2D eigenvalue weighted by atomic mass is 10.0. The molecule has 0 unspecified atom stereocenters. The maximum atomic E-state index is 2.30. The van der Waals surface area contributed by atoms with Gasteiger partial charge in [-0.3, -0.25) is 0 Å². The summed E-state index contributed by atoms with van der Waals surface area (Å²) in [4.78, 5) is 0. The summed E-state index contributed by atoms with van der Waals surface area (Å²) in [5.74, 6) is 0. The Hall–Kier alpha value is -0.310. The number of aromatic nitrogens is 2. The van der Waals surface area contributed by atoms with Crippen molar-refractivity contribution in [3.8, 4) is 0 Å². The zero-order chi connectivity index (χ0) is 17.3. The van der Waals surface area contributed by atoms with Crippen molar-refractivity contribution in [2.24, 2.45) is 7.05 Å². The third-order valence-electron chi connectivity index (χ3n) is 5.09. The predicted octanol–water partition coefficient (Wildman–Crippen LogP) is 3.58. The van der Waals surface area contributed by atoms with Crippen molar-refractivity contribution in [1.82, 2.24) is 4.57 Å². The number of unbranched alkanes of at least 4 members (excludes halogenated alkanes) is 15. The molecule has 148 valence electrons. The molecule has 0 amide bonds. The number of halogens is 1. The van der Waals surface area contributed by atoms with Crippen LogP contribution in [0.15, 0.2) is 18.7 Å². The Morgan fingerprint density at radius 2 is 1.04 bits per heavy atom. The van der Waals surface area contributed by atoms with Gasteiger partial charge in [-0.25, -0.2) is 9.13 Å². The first-order valence-corrected chi connectivity index (χ1v) is 10.8. The summed E-state index contributed by atoms with van der Waals surface area (Å²) in [6, 6.07) is 0. The van der Waals surface area contributed by atoms with Gasteiger partial charge >= 0.3 is 0 Å². The first kappa shape index (κ1) is 24.7.